The molecule has 1 amide bonds. The van der Waals surface area contributed by atoms with Crippen molar-refractivity contribution in [1.82, 2.24) is 5.32 Å². The molecular formula is C14H17NO3. The lowest BCUT2D eigenvalue weighted by Crippen LogP contribution is -2.53. The Balaban J connectivity index is 2.58. The lowest BCUT2D eigenvalue weighted by molar-refractivity contribution is -0.140. The Kier molecular flexibility index (Phi) is 2.89. The van der Waals surface area contributed by atoms with Gasteiger partial charge in [0.2, 0.25) is 0 Å². The van der Waals surface area contributed by atoms with Gasteiger partial charge in [-0.1, -0.05) is 39.0 Å². The highest BCUT2D eigenvalue weighted by atomic mass is 16.4. The Morgan fingerprint density at radius 1 is 1.28 bits per heavy atom. The van der Waals surface area contributed by atoms with Crippen LogP contribution in [0.3, 0.4) is 0 Å². The molecule has 96 valence electrons. The van der Waals surface area contributed by atoms with Gasteiger partial charge in [-0.25, -0.2) is 0 Å². The van der Waals surface area contributed by atoms with Gasteiger partial charge in [-0.3, -0.25) is 9.59 Å². The second kappa shape index (κ2) is 4.12. The summed E-state index contributed by atoms with van der Waals surface area (Å²) in [6.07, 6.45) is 0. The number of rotatable bonds is 1. The zero-order valence-corrected chi connectivity index (χ0v) is 10.7. The first-order chi connectivity index (χ1) is 8.32. The molecule has 1 aromatic rings. The lowest BCUT2D eigenvalue weighted by atomic mass is 9.73. The Hall–Kier alpha value is -1.84. The number of nitrogens with one attached hydrogen (secondary N) is 1. The summed E-state index contributed by atoms with van der Waals surface area (Å²) in [5.74, 6) is -1.79. The summed E-state index contributed by atoms with van der Waals surface area (Å²) in [5.41, 5.74) is 0.755. The number of aliphatic carboxylic acids is 1. The summed E-state index contributed by atoms with van der Waals surface area (Å²) in [4.78, 5) is 23.5. The first-order valence-corrected chi connectivity index (χ1v) is 5.95. The Labute approximate surface area is 106 Å². The van der Waals surface area contributed by atoms with E-state index >= 15 is 0 Å². The summed E-state index contributed by atoms with van der Waals surface area (Å²) in [7, 11) is 0. The van der Waals surface area contributed by atoms with Crippen molar-refractivity contribution in [2.45, 2.75) is 32.7 Å². The molecule has 4 heteroatoms. The lowest BCUT2D eigenvalue weighted by Gasteiger charge is -2.39. The molecule has 1 aliphatic rings. The van der Waals surface area contributed by atoms with Crippen LogP contribution in [0.15, 0.2) is 24.3 Å². The van der Waals surface area contributed by atoms with Gasteiger partial charge in [0.15, 0.2) is 0 Å². The summed E-state index contributed by atoms with van der Waals surface area (Å²) in [6, 6.07) is 6.50. The summed E-state index contributed by atoms with van der Waals surface area (Å²) in [6.45, 7) is 5.80. The summed E-state index contributed by atoms with van der Waals surface area (Å²) < 4.78 is 0. The van der Waals surface area contributed by atoms with E-state index in [1.165, 1.54) is 0 Å². The molecule has 4 nitrogen and oxygen atoms in total. The predicted molar refractivity (Wildman–Crippen MR) is 67.5 cm³/mol. The van der Waals surface area contributed by atoms with Crippen LogP contribution in [0.4, 0.5) is 0 Å². The zero-order valence-electron chi connectivity index (χ0n) is 10.7. The van der Waals surface area contributed by atoms with E-state index in [0.717, 1.165) is 0 Å². The molecule has 2 rings (SSSR count). The molecule has 0 aromatic heterocycles. The molecule has 0 fully saturated rings. The van der Waals surface area contributed by atoms with E-state index in [0.29, 0.717) is 11.1 Å². The van der Waals surface area contributed by atoms with Gasteiger partial charge in [-0.2, -0.15) is 0 Å². The van der Waals surface area contributed by atoms with Gasteiger partial charge in [0, 0.05) is 5.56 Å². The smallest absolute Gasteiger partial charge is 0.313 e. The van der Waals surface area contributed by atoms with Crippen LogP contribution >= 0.6 is 0 Å². The van der Waals surface area contributed by atoms with Crippen molar-refractivity contribution in [3.05, 3.63) is 35.4 Å². The van der Waals surface area contributed by atoms with Crippen LogP contribution in [0.5, 0.6) is 0 Å². The first kappa shape index (κ1) is 12.6. The van der Waals surface area contributed by atoms with E-state index in [1.54, 1.807) is 24.3 Å². The number of amides is 1. The van der Waals surface area contributed by atoms with Crippen molar-refractivity contribution in [2.24, 2.45) is 5.41 Å². The largest absolute Gasteiger partial charge is 0.481 e. The fourth-order valence-corrected chi connectivity index (χ4v) is 2.45. The Morgan fingerprint density at radius 3 is 2.44 bits per heavy atom. The van der Waals surface area contributed by atoms with Crippen molar-refractivity contribution in [3.63, 3.8) is 0 Å². The minimum Gasteiger partial charge on any atom is -0.481 e. The van der Waals surface area contributed by atoms with Crippen molar-refractivity contribution in [1.29, 1.82) is 0 Å². The van der Waals surface area contributed by atoms with Crippen molar-refractivity contribution >= 4 is 11.9 Å². The molecule has 0 saturated carbocycles. The number of hydrogen-bond acceptors (Lipinski definition) is 2. The first-order valence-electron chi connectivity index (χ1n) is 5.95. The number of fused-ring (bicyclic) bond motifs is 1. The van der Waals surface area contributed by atoms with E-state index in [4.69, 9.17) is 0 Å². The molecule has 0 saturated heterocycles. The highest BCUT2D eigenvalue weighted by Crippen LogP contribution is 2.36. The monoisotopic (exact) mass is 247 g/mol. The molecule has 1 aromatic carbocycles. The molecule has 0 unspecified atom stereocenters. The Bertz CT molecular complexity index is 502. The van der Waals surface area contributed by atoms with Gasteiger partial charge in [-0.05, 0) is 17.0 Å². The average molecular weight is 247 g/mol. The summed E-state index contributed by atoms with van der Waals surface area (Å²) >= 11 is 0. The number of carbonyl (C=O) groups excluding carboxylic acids is 1. The second-order valence-corrected chi connectivity index (χ2v) is 5.72. The number of carbonyl (C=O) groups is 2. The zero-order chi connectivity index (χ0) is 13.5. The van der Waals surface area contributed by atoms with Gasteiger partial charge >= 0.3 is 5.97 Å². The molecule has 2 atom stereocenters. The van der Waals surface area contributed by atoms with Gasteiger partial charge < -0.3 is 10.4 Å². The van der Waals surface area contributed by atoms with E-state index in [9.17, 15) is 14.7 Å². The number of benzene rings is 1. The molecule has 18 heavy (non-hydrogen) atoms. The van der Waals surface area contributed by atoms with Crippen LogP contribution in [0.1, 0.15) is 42.6 Å². The van der Waals surface area contributed by atoms with Gasteiger partial charge in [-0.15, -0.1) is 0 Å². The fourth-order valence-electron chi connectivity index (χ4n) is 2.45. The topological polar surface area (TPSA) is 66.4 Å². The second-order valence-electron chi connectivity index (χ2n) is 5.72. The maximum absolute atomic E-state index is 12.0. The number of carboxylic acids is 1. The van der Waals surface area contributed by atoms with Crippen molar-refractivity contribution in [3.8, 4) is 0 Å². The molecule has 0 aliphatic carbocycles. The third kappa shape index (κ3) is 1.98. The molecular weight excluding hydrogens is 230 g/mol. The SMILES string of the molecule is CC(C)(C)[C@H]1NC(=O)c2ccccc2[C@@H]1C(=O)O. The van der Waals surface area contributed by atoms with Crippen molar-refractivity contribution < 1.29 is 14.7 Å². The van der Waals surface area contributed by atoms with E-state index < -0.39 is 17.9 Å². The van der Waals surface area contributed by atoms with Crippen molar-refractivity contribution in [2.75, 3.05) is 0 Å². The molecule has 2 N–H and O–H groups in total. The van der Waals surface area contributed by atoms with Gasteiger partial charge in [0.25, 0.3) is 5.91 Å². The highest BCUT2D eigenvalue weighted by molar-refractivity contribution is 6.00. The molecule has 0 spiro atoms. The minimum absolute atomic E-state index is 0.192. The van der Waals surface area contributed by atoms with Crippen LogP contribution in [0, 0.1) is 5.41 Å². The van der Waals surface area contributed by atoms with Crippen LogP contribution in [0.25, 0.3) is 0 Å². The molecule has 0 bridgehead atoms. The number of hydrogen-bond donors (Lipinski definition) is 2. The van der Waals surface area contributed by atoms with Gasteiger partial charge in [0.1, 0.15) is 5.92 Å². The fraction of sp³-hybridized carbons (Fsp3) is 0.429. The molecule has 1 aliphatic heterocycles. The average Bonchev–Trinajstić information content (AvgIpc) is 2.27. The molecule has 1 heterocycles. The normalized spacial score (nSPS) is 23.2. The maximum Gasteiger partial charge on any atom is 0.313 e. The van der Waals surface area contributed by atoms with Gasteiger partial charge in [0.05, 0.1) is 6.04 Å². The maximum atomic E-state index is 12.0. The highest BCUT2D eigenvalue weighted by Gasteiger charge is 2.43. The van der Waals surface area contributed by atoms with E-state index in [1.807, 2.05) is 20.8 Å². The quantitative estimate of drug-likeness (QED) is 0.797. The summed E-state index contributed by atoms with van der Waals surface area (Å²) in [5, 5.41) is 12.3. The number of carboxylic acid groups (broad SMARTS) is 1. The van der Waals surface area contributed by atoms with Crippen LogP contribution < -0.4 is 5.32 Å². The van der Waals surface area contributed by atoms with Crippen LogP contribution in [0.2, 0.25) is 0 Å². The van der Waals surface area contributed by atoms with Crippen LogP contribution in [-0.2, 0) is 4.79 Å². The minimum atomic E-state index is -0.901. The third-order valence-corrected chi connectivity index (χ3v) is 3.36. The predicted octanol–water partition coefficient (Wildman–Crippen LogP) is 2.01. The van der Waals surface area contributed by atoms with E-state index in [-0.39, 0.29) is 11.3 Å². The standard InChI is InChI=1S/C14H17NO3/c1-14(2,3)11-10(13(17)18)8-6-4-5-7-9(8)12(16)15-11/h4-7,10-11H,1-3H3,(H,15,16)(H,17,18)/t10-,11-/m0/s1. The van der Waals surface area contributed by atoms with E-state index in [2.05, 4.69) is 5.32 Å². The Morgan fingerprint density at radius 2 is 1.89 bits per heavy atom. The third-order valence-electron chi connectivity index (χ3n) is 3.36. The molecule has 0 radical (unpaired) electrons. The van der Waals surface area contributed by atoms with Crippen LogP contribution in [-0.4, -0.2) is 23.0 Å².